The van der Waals surface area contributed by atoms with Gasteiger partial charge in [-0.15, -0.1) is 0 Å². The van der Waals surface area contributed by atoms with E-state index in [0.29, 0.717) is 13.1 Å². The van der Waals surface area contributed by atoms with Gasteiger partial charge in [0, 0.05) is 24.9 Å². The smallest absolute Gasteiger partial charge is 0.315 e. The number of aromatic nitrogens is 2. The van der Waals surface area contributed by atoms with E-state index in [4.69, 9.17) is 4.74 Å². The van der Waals surface area contributed by atoms with Crippen LogP contribution in [0.3, 0.4) is 0 Å². The first kappa shape index (κ1) is 14.4. The van der Waals surface area contributed by atoms with Crippen LogP contribution >= 0.6 is 0 Å². The fourth-order valence-electron chi connectivity index (χ4n) is 2.58. The highest BCUT2D eigenvalue weighted by Gasteiger charge is 2.22. The summed E-state index contributed by atoms with van der Waals surface area (Å²) in [5.41, 5.74) is 1.20. The molecule has 6 nitrogen and oxygen atoms in total. The largest absolute Gasteiger partial charge is 0.488 e. The van der Waals surface area contributed by atoms with Gasteiger partial charge in [0.25, 0.3) is 0 Å². The van der Waals surface area contributed by atoms with Crippen LogP contribution in [0.5, 0.6) is 5.75 Å². The van der Waals surface area contributed by atoms with Crippen molar-refractivity contribution in [2.24, 2.45) is 0 Å². The van der Waals surface area contributed by atoms with Gasteiger partial charge in [0.1, 0.15) is 11.9 Å². The Labute approximate surface area is 129 Å². The van der Waals surface area contributed by atoms with Gasteiger partial charge in [-0.3, -0.25) is 4.68 Å². The summed E-state index contributed by atoms with van der Waals surface area (Å²) in [5.74, 6) is 0.918. The molecule has 1 aromatic heterocycles. The van der Waals surface area contributed by atoms with Crippen LogP contribution < -0.4 is 15.4 Å². The highest BCUT2D eigenvalue weighted by Crippen LogP contribution is 2.27. The van der Waals surface area contributed by atoms with Gasteiger partial charge >= 0.3 is 6.03 Å². The van der Waals surface area contributed by atoms with Crippen molar-refractivity contribution >= 4 is 6.03 Å². The topological polar surface area (TPSA) is 68.2 Å². The standard InChI is InChI=1S/C16H20N4O2/c1-12(11-20-8-4-7-18-20)19-16(21)17-10-14-9-13-5-2-3-6-15(13)22-14/h2-8,12,14H,9-11H2,1H3,(H2,17,19,21)/t12-,14+/m1/s1. The Bertz CT molecular complexity index is 602. The Balaban J connectivity index is 1.40. The monoisotopic (exact) mass is 300 g/mol. The summed E-state index contributed by atoms with van der Waals surface area (Å²) in [6.07, 6.45) is 4.44. The van der Waals surface area contributed by atoms with Crippen molar-refractivity contribution in [1.29, 1.82) is 0 Å². The normalized spacial score (nSPS) is 17.4. The predicted molar refractivity (Wildman–Crippen MR) is 82.8 cm³/mol. The fraction of sp³-hybridized carbons (Fsp3) is 0.375. The molecule has 22 heavy (non-hydrogen) atoms. The Morgan fingerprint density at radius 2 is 2.32 bits per heavy atom. The molecule has 1 aromatic carbocycles. The molecule has 116 valence electrons. The van der Waals surface area contributed by atoms with Crippen molar-refractivity contribution < 1.29 is 9.53 Å². The van der Waals surface area contributed by atoms with Gasteiger partial charge in [-0.25, -0.2) is 4.79 Å². The third-order valence-corrected chi connectivity index (χ3v) is 3.60. The Morgan fingerprint density at radius 3 is 3.09 bits per heavy atom. The van der Waals surface area contributed by atoms with Crippen molar-refractivity contribution in [2.75, 3.05) is 6.54 Å². The van der Waals surface area contributed by atoms with Gasteiger partial charge in [0.2, 0.25) is 0 Å². The molecule has 0 saturated carbocycles. The minimum Gasteiger partial charge on any atom is -0.488 e. The number of carbonyl (C=O) groups excluding carboxylic acids is 1. The number of rotatable bonds is 5. The molecule has 0 bridgehead atoms. The lowest BCUT2D eigenvalue weighted by molar-refractivity contribution is 0.211. The Hall–Kier alpha value is -2.50. The summed E-state index contributed by atoms with van der Waals surface area (Å²) < 4.78 is 7.58. The van der Waals surface area contributed by atoms with E-state index < -0.39 is 0 Å². The third kappa shape index (κ3) is 3.58. The molecule has 0 unspecified atom stereocenters. The van der Waals surface area contributed by atoms with E-state index in [1.54, 1.807) is 10.9 Å². The van der Waals surface area contributed by atoms with E-state index >= 15 is 0 Å². The van der Waals surface area contributed by atoms with Gasteiger partial charge < -0.3 is 15.4 Å². The number of nitrogens with one attached hydrogen (secondary N) is 2. The number of ether oxygens (including phenoxy) is 1. The van der Waals surface area contributed by atoms with Crippen LogP contribution in [0.4, 0.5) is 4.79 Å². The van der Waals surface area contributed by atoms with E-state index in [-0.39, 0.29) is 18.2 Å². The zero-order chi connectivity index (χ0) is 15.4. The SMILES string of the molecule is C[C@H](Cn1cccn1)NC(=O)NC[C@@H]1Cc2ccccc2O1. The van der Waals surface area contributed by atoms with Gasteiger partial charge in [0.05, 0.1) is 13.1 Å². The predicted octanol–water partition coefficient (Wildman–Crippen LogP) is 1.57. The fourth-order valence-corrected chi connectivity index (χ4v) is 2.58. The molecular formula is C16H20N4O2. The zero-order valence-corrected chi connectivity index (χ0v) is 12.5. The number of fused-ring (bicyclic) bond motifs is 1. The van der Waals surface area contributed by atoms with Crippen LogP contribution in [0.25, 0.3) is 0 Å². The van der Waals surface area contributed by atoms with Gasteiger partial charge in [0.15, 0.2) is 0 Å². The van der Waals surface area contributed by atoms with Gasteiger partial charge in [-0.05, 0) is 24.6 Å². The summed E-state index contributed by atoms with van der Waals surface area (Å²) >= 11 is 0. The van der Waals surface area contributed by atoms with Crippen LogP contribution in [0.1, 0.15) is 12.5 Å². The van der Waals surface area contributed by atoms with E-state index in [1.165, 1.54) is 5.56 Å². The number of para-hydroxylation sites is 1. The number of nitrogens with zero attached hydrogens (tertiary/aromatic N) is 2. The molecule has 0 radical (unpaired) electrons. The highest BCUT2D eigenvalue weighted by atomic mass is 16.5. The van der Waals surface area contributed by atoms with Crippen molar-refractivity contribution in [3.63, 3.8) is 0 Å². The number of urea groups is 1. The number of hydrogen-bond acceptors (Lipinski definition) is 3. The van der Waals surface area contributed by atoms with Crippen LogP contribution in [-0.2, 0) is 13.0 Å². The number of benzene rings is 1. The Morgan fingerprint density at radius 1 is 1.45 bits per heavy atom. The zero-order valence-electron chi connectivity index (χ0n) is 12.5. The van der Waals surface area contributed by atoms with Crippen molar-refractivity contribution in [3.8, 4) is 5.75 Å². The average molecular weight is 300 g/mol. The van der Waals surface area contributed by atoms with Gasteiger partial charge in [-0.2, -0.15) is 5.10 Å². The summed E-state index contributed by atoms with van der Waals surface area (Å²) in [5, 5.41) is 9.88. The lowest BCUT2D eigenvalue weighted by Crippen LogP contribution is -2.45. The first-order valence-corrected chi connectivity index (χ1v) is 7.47. The molecule has 0 aliphatic carbocycles. The molecule has 0 spiro atoms. The molecule has 2 heterocycles. The number of amides is 2. The van der Waals surface area contributed by atoms with E-state index in [2.05, 4.69) is 21.8 Å². The summed E-state index contributed by atoms with van der Waals surface area (Å²) in [7, 11) is 0. The van der Waals surface area contributed by atoms with Crippen molar-refractivity contribution in [1.82, 2.24) is 20.4 Å². The lowest BCUT2D eigenvalue weighted by atomic mass is 10.1. The van der Waals surface area contributed by atoms with Gasteiger partial charge in [-0.1, -0.05) is 18.2 Å². The maximum Gasteiger partial charge on any atom is 0.315 e. The molecule has 1 aliphatic heterocycles. The molecule has 2 aromatic rings. The van der Waals surface area contributed by atoms with Crippen LogP contribution in [0.2, 0.25) is 0 Å². The quantitative estimate of drug-likeness (QED) is 0.881. The Kier molecular flexibility index (Phi) is 4.27. The number of hydrogen-bond donors (Lipinski definition) is 2. The van der Waals surface area contributed by atoms with E-state index in [1.807, 2.05) is 37.4 Å². The molecule has 1 aliphatic rings. The second-order valence-corrected chi connectivity index (χ2v) is 5.54. The molecule has 6 heteroatoms. The minimum atomic E-state index is -0.181. The highest BCUT2D eigenvalue weighted by molar-refractivity contribution is 5.74. The number of carbonyl (C=O) groups is 1. The summed E-state index contributed by atoms with van der Waals surface area (Å²) in [6.45, 7) is 3.09. The lowest BCUT2D eigenvalue weighted by Gasteiger charge is -2.16. The molecule has 0 fully saturated rings. The molecule has 2 amide bonds. The van der Waals surface area contributed by atoms with Crippen LogP contribution in [0.15, 0.2) is 42.7 Å². The van der Waals surface area contributed by atoms with Crippen molar-refractivity contribution in [3.05, 3.63) is 48.3 Å². The van der Waals surface area contributed by atoms with Crippen LogP contribution in [-0.4, -0.2) is 34.5 Å². The van der Waals surface area contributed by atoms with E-state index in [0.717, 1.165) is 12.2 Å². The molecule has 2 N–H and O–H groups in total. The summed E-state index contributed by atoms with van der Waals surface area (Å²) in [4.78, 5) is 11.9. The molecule has 3 rings (SSSR count). The maximum atomic E-state index is 11.9. The maximum absolute atomic E-state index is 11.9. The first-order chi connectivity index (χ1) is 10.7. The van der Waals surface area contributed by atoms with Crippen molar-refractivity contribution in [2.45, 2.75) is 32.0 Å². The second kappa shape index (κ2) is 6.51. The van der Waals surface area contributed by atoms with E-state index in [9.17, 15) is 4.79 Å². The molecule has 2 atom stereocenters. The molecule has 0 saturated heterocycles. The first-order valence-electron chi connectivity index (χ1n) is 7.47. The molecular weight excluding hydrogens is 280 g/mol. The summed E-state index contributed by atoms with van der Waals surface area (Å²) in [6, 6.07) is 9.66. The van der Waals surface area contributed by atoms with Crippen LogP contribution in [0, 0.1) is 0 Å². The minimum absolute atomic E-state index is 0.00148. The third-order valence-electron chi connectivity index (χ3n) is 3.60. The second-order valence-electron chi connectivity index (χ2n) is 5.54. The average Bonchev–Trinajstić information content (AvgIpc) is 3.13.